The van der Waals surface area contributed by atoms with Crippen LogP contribution in [-0.2, 0) is 4.79 Å². The zero-order valence-electron chi connectivity index (χ0n) is 12.3. The number of carbonyl (C=O) groups excluding carboxylic acids is 1. The van der Waals surface area contributed by atoms with Crippen molar-refractivity contribution in [1.82, 2.24) is 5.32 Å². The van der Waals surface area contributed by atoms with Gasteiger partial charge in [0.25, 0.3) is 0 Å². The normalized spacial score (nSPS) is 16.8. The van der Waals surface area contributed by atoms with Crippen molar-refractivity contribution in [1.29, 1.82) is 0 Å². The van der Waals surface area contributed by atoms with Gasteiger partial charge in [0.15, 0.2) is 0 Å². The van der Waals surface area contributed by atoms with E-state index in [9.17, 15) is 9.90 Å². The fourth-order valence-corrected chi connectivity index (χ4v) is 1.91. The lowest BCUT2D eigenvalue weighted by molar-refractivity contribution is -0.123. The molecule has 0 spiro atoms. The summed E-state index contributed by atoms with van der Waals surface area (Å²) in [5.74, 6) is 0.520. The van der Waals surface area contributed by atoms with Gasteiger partial charge in [-0.1, -0.05) is 12.1 Å². The molecule has 1 aliphatic rings. The predicted molar refractivity (Wildman–Crippen MR) is 83.6 cm³/mol. The zero-order chi connectivity index (χ0) is 14.8. The van der Waals surface area contributed by atoms with Crippen LogP contribution in [0.25, 0.3) is 0 Å². The molecule has 5 nitrogen and oxygen atoms in total. The van der Waals surface area contributed by atoms with Crippen molar-refractivity contribution in [2.24, 2.45) is 5.73 Å². The van der Waals surface area contributed by atoms with Gasteiger partial charge < -0.3 is 20.9 Å². The van der Waals surface area contributed by atoms with E-state index in [2.05, 4.69) is 5.32 Å². The molecule has 6 heteroatoms. The smallest absolute Gasteiger partial charge is 0.240 e. The Morgan fingerprint density at radius 2 is 2.14 bits per heavy atom. The molecule has 1 aromatic carbocycles. The van der Waals surface area contributed by atoms with Crippen LogP contribution in [0.4, 0.5) is 0 Å². The second-order valence-electron chi connectivity index (χ2n) is 5.62. The summed E-state index contributed by atoms with van der Waals surface area (Å²) in [5, 5.41) is 12.8. The molecule has 1 saturated carbocycles. The molecule has 0 aliphatic heterocycles. The summed E-state index contributed by atoms with van der Waals surface area (Å²) < 4.78 is 5.58. The highest BCUT2D eigenvalue weighted by molar-refractivity contribution is 5.88. The minimum atomic E-state index is -0.767. The Labute approximate surface area is 131 Å². The maximum absolute atomic E-state index is 11.7. The lowest BCUT2D eigenvalue weighted by atomic mass is 10.1. The fraction of sp³-hybridized carbons (Fsp3) is 0.533. The highest BCUT2D eigenvalue weighted by Crippen LogP contribution is 2.32. The summed E-state index contributed by atoms with van der Waals surface area (Å²) in [6, 6.07) is 7.25. The molecular weight excluding hydrogens is 292 g/mol. The van der Waals surface area contributed by atoms with Gasteiger partial charge in [-0.2, -0.15) is 0 Å². The van der Waals surface area contributed by atoms with Gasteiger partial charge in [0, 0.05) is 6.54 Å². The van der Waals surface area contributed by atoms with Crippen molar-refractivity contribution >= 4 is 18.3 Å². The Kier molecular flexibility index (Phi) is 6.01. The van der Waals surface area contributed by atoms with Crippen LogP contribution in [0.15, 0.2) is 24.3 Å². The Balaban J connectivity index is 0.00000220. The molecule has 1 unspecified atom stereocenters. The number of aliphatic hydroxyl groups excluding tert-OH is 1. The van der Waals surface area contributed by atoms with Crippen LogP contribution in [0, 0.1) is 0 Å². The first-order valence-electron chi connectivity index (χ1n) is 6.92. The number of halogens is 1. The van der Waals surface area contributed by atoms with Crippen LogP contribution in [-0.4, -0.2) is 29.2 Å². The Hall–Kier alpha value is -1.30. The molecule has 0 saturated heterocycles. The predicted octanol–water partition coefficient (Wildman–Crippen LogP) is 1.54. The quantitative estimate of drug-likeness (QED) is 0.743. The second-order valence-corrected chi connectivity index (χ2v) is 5.62. The number of hydrogen-bond acceptors (Lipinski definition) is 4. The molecule has 2 rings (SSSR count). The van der Waals surface area contributed by atoms with E-state index in [1.165, 1.54) is 0 Å². The third-order valence-corrected chi connectivity index (χ3v) is 3.31. The largest absolute Gasteiger partial charge is 0.491 e. The number of benzene rings is 1. The minimum absolute atomic E-state index is 0. The van der Waals surface area contributed by atoms with Crippen LogP contribution in [0.2, 0.25) is 0 Å². The maximum atomic E-state index is 11.7. The van der Waals surface area contributed by atoms with Crippen LogP contribution in [0.1, 0.15) is 38.4 Å². The summed E-state index contributed by atoms with van der Waals surface area (Å²) in [4.78, 5) is 11.7. The molecule has 1 aliphatic carbocycles. The molecule has 1 fully saturated rings. The van der Waals surface area contributed by atoms with Gasteiger partial charge in [0.1, 0.15) is 5.75 Å². The summed E-state index contributed by atoms with van der Waals surface area (Å²) in [6.07, 6.45) is 0.741. The molecular formula is C15H23ClN2O3. The number of aliphatic hydroxyl groups is 1. The molecule has 4 N–H and O–H groups in total. The second kappa shape index (κ2) is 7.11. The van der Waals surface area contributed by atoms with Crippen LogP contribution < -0.4 is 15.8 Å². The standard InChI is InChI=1S/C15H22N2O3.ClH/c1-10(2)20-12-5-3-4-11(8-12)13(18)9-17-14(19)15(16)6-7-15;/h3-5,8,10,13,18H,6-7,9,16H2,1-2H3,(H,17,19);1H. The van der Waals surface area contributed by atoms with E-state index < -0.39 is 11.6 Å². The topological polar surface area (TPSA) is 84.6 Å². The van der Waals surface area contributed by atoms with Gasteiger partial charge in [-0.05, 0) is 44.4 Å². The molecule has 0 radical (unpaired) electrons. The molecule has 1 atom stereocenters. The van der Waals surface area contributed by atoms with Gasteiger partial charge in [-0.3, -0.25) is 4.79 Å². The number of carbonyl (C=O) groups is 1. The SMILES string of the molecule is CC(C)Oc1cccc(C(O)CNC(=O)C2(N)CC2)c1.Cl. The van der Waals surface area contributed by atoms with E-state index in [1.54, 1.807) is 12.1 Å². The van der Waals surface area contributed by atoms with Gasteiger partial charge in [-0.15, -0.1) is 12.4 Å². The average Bonchev–Trinajstić information content (AvgIpc) is 3.14. The monoisotopic (exact) mass is 314 g/mol. The number of ether oxygens (including phenoxy) is 1. The van der Waals surface area contributed by atoms with Crippen molar-refractivity contribution in [3.8, 4) is 5.75 Å². The first-order chi connectivity index (χ1) is 9.40. The van der Waals surface area contributed by atoms with E-state index in [-0.39, 0.29) is 31.0 Å². The average molecular weight is 315 g/mol. The van der Waals surface area contributed by atoms with E-state index in [0.29, 0.717) is 24.2 Å². The Morgan fingerprint density at radius 1 is 1.48 bits per heavy atom. The Morgan fingerprint density at radius 3 is 2.71 bits per heavy atom. The van der Waals surface area contributed by atoms with Crippen LogP contribution in [0.5, 0.6) is 5.75 Å². The van der Waals surface area contributed by atoms with E-state index >= 15 is 0 Å². The van der Waals surface area contributed by atoms with Crippen LogP contribution >= 0.6 is 12.4 Å². The zero-order valence-corrected chi connectivity index (χ0v) is 13.2. The molecule has 0 heterocycles. The number of nitrogens with one attached hydrogen (secondary N) is 1. The van der Waals surface area contributed by atoms with Crippen molar-refractivity contribution < 1.29 is 14.6 Å². The summed E-state index contributed by atoms with van der Waals surface area (Å²) in [6.45, 7) is 4.04. The summed E-state index contributed by atoms with van der Waals surface area (Å²) >= 11 is 0. The molecule has 0 bridgehead atoms. The number of nitrogens with two attached hydrogens (primary N) is 1. The molecule has 1 amide bonds. The lowest BCUT2D eigenvalue weighted by Gasteiger charge is -2.16. The van der Waals surface area contributed by atoms with Gasteiger partial charge in [0.2, 0.25) is 5.91 Å². The number of rotatable bonds is 6. The number of hydrogen-bond donors (Lipinski definition) is 3. The number of amides is 1. The first-order valence-corrected chi connectivity index (χ1v) is 6.92. The third kappa shape index (κ3) is 4.88. The minimum Gasteiger partial charge on any atom is -0.491 e. The Bertz CT molecular complexity index is 490. The highest BCUT2D eigenvalue weighted by Gasteiger charge is 2.45. The van der Waals surface area contributed by atoms with Gasteiger partial charge >= 0.3 is 0 Å². The van der Waals surface area contributed by atoms with E-state index in [0.717, 1.165) is 0 Å². The molecule has 21 heavy (non-hydrogen) atoms. The third-order valence-electron chi connectivity index (χ3n) is 3.31. The van der Waals surface area contributed by atoms with Crippen molar-refractivity contribution in [2.75, 3.05) is 6.54 Å². The van der Waals surface area contributed by atoms with Crippen molar-refractivity contribution in [3.63, 3.8) is 0 Å². The maximum Gasteiger partial charge on any atom is 0.240 e. The molecule has 0 aromatic heterocycles. The summed E-state index contributed by atoms with van der Waals surface area (Å²) in [5.41, 5.74) is 5.79. The molecule has 118 valence electrons. The fourth-order valence-electron chi connectivity index (χ4n) is 1.91. The van der Waals surface area contributed by atoms with Gasteiger partial charge in [0.05, 0.1) is 17.7 Å². The lowest BCUT2D eigenvalue weighted by Crippen LogP contribution is -2.44. The van der Waals surface area contributed by atoms with E-state index in [4.69, 9.17) is 10.5 Å². The first kappa shape index (κ1) is 17.8. The molecule has 1 aromatic rings. The van der Waals surface area contributed by atoms with Crippen molar-refractivity contribution in [2.45, 2.75) is 44.4 Å². The van der Waals surface area contributed by atoms with Crippen LogP contribution in [0.3, 0.4) is 0 Å². The van der Waals surface area contributed by atoms with E-state index in [1.807, 2.05) is 26.0 Å². The highest BCUT2D eigenvalue weighted by atomic mass is 35.5. The van der Waals surface area contributed by atoms with Crippen molar-refractivity contribution in [3.05, 3.63) is 29.8 Å². The van der Waals surface area contributed by atoms with Gasteiger partial charge in [-0.25, -0.2) is 0 Å². The summed E-state index contributed by atoms with van der Waals surface area (Å²) in [7, 11) is 0.